The smallest absolute Gasteiger partial charge is 0.126 e. The zero-order valence-corrected chi connectivity index (χ0v) is 13.5. The standard InChI is InChI=1S/C17H26FNO2/c1-12(2)17-15(20-3)9-13(10-16(17)21-4)11-19-7-5-14(18)6-8-19/h9-10,12,14H,5-8,11H2,1-4H3. The van der Waals surface area contributed by atoms with E-state index in [0.717, 1.165) is 42.3 Å². The Morgan fingerprint density at radius 3 is 2.10 bits per heavy atom. The van der Waals surface area contributed by atoms with Crippen LogP contribution in [0.5, 0.6) is 11.5 Å². The Hall–Kier alpha value is -1.29. The van der Waals surface area contributed by atoms with Crippen LogP contribution in [0.3, 0.4) is 0 Å². The Morgan fingerprint density at radius 2 is 1.67 bits per heavy atom. The van der Waals surface area contributed by atoms with Gasteiger partial charge in [0, 0.05) is 25.2 Å². The molecule has 1 saturated heterocycles. The number of halogens is 1. The number of hydrogen-bond acceptors (Lipinski definition) is 3. The number of benzene rings is 1. The van der Waals surface area contributed by atoms with Crippen molar-refractivity contribution in [3.05, 3.63) is 23.3 Å². The second-order valence-electron chi connectivity index (χ2n) is 6.02. The fourth-order valence-corrected chi connectivity index (χ4v) is 2.97. The van der Waals surface area contributed by atoms with Crippen LogP contribution in [0.25, 0.3) is 0 Å². The first-order chi connectivity index (χ1) is 10.0. The van der Waals surface area contributed by atoms with E-state index in [1.807, 2.05) is 0 Å². The molecule has 0 atom stereocenters. The van der Waals surface area contributed by atoms with Gasteiger partial charge in [0.2, 0.25) is 0 Å². The van der Waals surface area contributed by atoms with Gasteiger partial charge in [-0.25, -0.2) is 4.39 Å². The first-order valence-electron chi connectivity index (χ1n) is 7.66. The van der Waals surface area contributed by atoms with Gasteiger partial charge in [-0.05, 0) is 36.5 Å². The third-order valence-electron chi connectivity index (χ3n) is 4.10. The molecule has 1 aliphatic heterocycles. The second-order valence-corrected chi connectivity index (χ2v) is 6.02. The average molecular weight is 295 g/mol. The minimum atomic E-state index is -0.631. The molecule has 0 aliphatic carbocycles. The topological polar surface area (TPSA) is 21.7 Å². The van der Waals surface area contributed by atoms with E-state index in [9.17, 15) is 4.39 Å². The van der Waals surface area contributed by atoms with Crippen molar-refractivity contribution in [3.63, 3.8) is 0 Å². The minimum absolute atomic E-state index is 0.339. The summed E-state index contributed by atoms with van der Waals surface area (Å²) in [6.07, 6.45) is 0.644. The number of piperidine rings is 1. The van der Waals surface area contributed by atoms with E-state index < -0.39 is 6.17 Å². The lowest BCUT2D eigenvalue weighted by Crippen LogP contribution is -2.33. The van der Waals surface area contributed by atoms with Gasteiger partial charge in [-0.1, -0.05) is 13.8 Å². The molecule has 0 amide bonds. The van der Waals surface area contributed by atoms with E-state index in [4.69, 9.17) is 9.47 Å². The van der Waals surface area contributed by atoms with Gasteiger partial charge in [0.15, 0.2) is 0 Å². The number of hydrogen-bond donors (Lipinski definition) is 0. The molecule has 0 radical (unpaired) electrons. The molecule has 3 nitrogen and oxygen atoms in total. The minimum Gasteiger partial charge on any atom is -0.496 e. The third-order valence-corrected chi connectivity index (χ3v) is 4.10. The summed E-state index contributed by atoms with van der Waals surface area (Å²) in [7, 11) is 3.39. The van der Waals surface area contributed by atoms with Crippen molar-refractivity contribution >= 4 is 0 Å². The summed E-state index contributed by atoms with van der Waals surface area (Å²) in [5.41, 5.74) is 2.26. The number of alkyl halides is 1. The zero-order valence-electron chi connectivity index (χ0n) is 13.5. The molecule has 4 heteroatoms. The van der Waals surface area contributed by atoms with E-state index in [-0.39, 0.29) is 0 Å². The maximum atomic E-state index is 13.2. The van der Waals surface area contributed by atoms with Crippen molar-refractivity contribution in [1.82, 2.24) is 4.90 Å². The van der Waals surface area contributed by atoms with Gasteiger partial charge < -0.3 is 9.47 Å². The third kappa shape index (κ3) is 3.88. The normalized spacial score (nSPS) is 17.2. The van der Waals surface area contributed by atoms with Crippen LogP contribution in [-0.2, 0) is 6.54 Å². The van der Waals surface area contributed by atoms with Crippen LogP contribution < -0.4 is 9.47 Å². The SMILES string of the molecule is COc1cc(CN2CCC(F)CC2)cc(OC)c1C(C)C. The van der Waals surface area contributed by atoms with E-state index in [2.05, 4.69) is 30.9 Å². The van der Waals surface area contributed by atoms with Crippen molar-refractivity contribution < 1.29 is 13.9 Å². The van der Waals surface area contributed by atoms with Crippen molar-refractivity contribution in [2.24, 2.45) is 0 Å². The van der Waals surface area contributed by atoms with Crippen molar-refractivity contribution in [2.75, 3.05) is 27.3 Å². The monoisotopic (exact) mass is 295 g/mol. The highest BCUT2D eigenvalue weighted by Gasteiger charge is 2.20. The van der Waals surface area contributed by atoms with Crippen molar-refractivity contribution in [1.29, 1.82) is 0 Å². The maximum absolute atomic E-state index is 13.2. The van der Waals surface area contributed by atoms with Crippen molar-refractivity contribution in [2.45, 2.75) is 45.3 Å². The van der Waals surface area contributed by atoms with Crippen molar-refractivity contribution in [3.8, 4) is 11.5 Å². The van der Waals surface area contributed by atoms with Gasteiger partial charge in [-0.3, -0.25) is 4.90 Å². The molecule has 118 valence electrons. The summed E-state index contributed by atoms with van der Waals surface area (Å²) < 4.78 is 24.3. The molecule has 1 fully saturated rings. The highest BCUT2D eigenvalue weighted by Crippen LogP contribution is 2.36. The maximum Gasteiger partial charge on any atom is 0.126 e. The van der Waals surface area contributed by atoms with Crippen LogP contribution in [0.1, 0.15) is 43.7 Å². The lowest BCUT2D eigenvalue weighted by molar-refractivity contribution is 0.145. The molecule has 0 N–H and O–H groups in total. The Balaban J connectivity index is 2.20. The molecule has 0 bridgehead atoms. The molecule has 1 aromatic carbocycles. The summed E-state index contributed by atoms with van der Waals surface area (Å²) in [4.78, 5) is 2.29. The van der Waals surface area contributed by atoms with E-state index in [1.165, 1.54) is 0 Å². The molecule has 1 aromatic rings. The zero-order chi connectivity index (χ0) is 15.4. The highest BCUT2D eigenvalue weighted by molar-refractivity contribution is 5.49. The van der Waals surface area contributed by atoms with Gasteiger partial charge in [-0.15, -0.1) is 0 Å². The molecule has 1 aliphatic rings. The van der Waals surface area contributed by atoms with E-state index in [1.54, 1.807) is 14.2 Å². The fraction of sp³-hybridized carbons (Fsp3) is 0.647. The second kappa shape index (κ2) is 7.12. The number of likely N-dealkylation sites (tertiary alicyclic amines) is 1. The Labute approximate surface area is 127 Å². The Kier molecular flexibility index (Phi) is 5.45. The largest absolute Gasteiger partial charge is 0.496 e. The highest BCUT2D eigenvalue weighted by atomic mass is 19.1. The van der Waals surface area contributed by atoms with Gasteiger partial charge in [0.1, 0.15) is 17.7 Å². The predicted molar refractivity (Wildman–Crippen MR) is 83.0 cm³/mol. The summed E-state index contributed by atoms with van der Waals surface area (Å²) in [5, 5.41) is 0. The van der Waals surface area contributed by atoms with Gasteiger partial charge in [-0.2, -0.15) is 0 Å². The predicted octanol–water partition coefficient (Wildman–Crippen LogP) is 3.76. The van der Waals surface area contributed by atoms with Gasteiger partial charge in [0.05, 0.1) is 14.2 Å². The quantitative estimate of drug-likeness (QED) is 0.825. The summed E-state index contributed by atoms with van der Waals surface area (Å²) in [6, 6.07) is 4.17. The number of nitrogens with zero attached hydrogens (tertiary/aromatic N) is 1. The van der Waals surface area contributed by atoms with E-state index >= 15 is 0 Å². The molecule has 21 heavy (non-hydrogen) atoms. The number of methoxy groups -OCH3 is 2. The molecule has 0 unspecified atom stereocenters. The van der Waals surface area contributed by atoms with Crippen LogP contribution in [-0.4, -0.2) is 38.4 Å². The number of rotatable bonds is 5. The molecular formula is C17H26FNO2. The Bertz CT molecular complexity index is 443. The van der Waals surface area contributed by atoms with Crippen LogP contribution in [0.15, 0.2) is 12.1 Å². The molecule has 0 aromatic heterocycles. The Morgan fingerprint density at radius 1 is 1.14 bits per heavy atom. The van der Waals surface area contributed by atoms with Crippen LogP contribution in [0.4, 0.5) is 4.39 Å². The lowest BCUT2D eigenvalue weighted by atomic mass is 9.98. The molecule has 1 heterocycles. The molecule has 2 rings (SSSR count). The summed E-state index contributed by atoms with van der Waals surface area (Å²) >= 11 is 0. The number of ether oxygens (including phenoxy) is 2. The average Bonchev–Trinajstić information content (AvgIpc) is 2.48. The molecule has 0 saturated carbocycles. The first-order valence-corrected chi connectivity index (χ1v) is 7.66. The lowest BCUT2D eigenvalue weighted by Gasteiger charge is -2.29. The summed E-state index contributed by atoms with van der Waals surface area (Å²) in [5.74, 6) is 2.09. The van der Waals surface area contributed by atoms with Crippen LogP contribution >= 0.6 is 0 Å². The van der Waals surface area contributed by atoms with E-state index in [0.29, 0.717) is 18.8 Å². The molecule has 0 spiro atoms. The first kappa shape index (κ1) is 16.1. The summed E-state index contributed by atoms with van der Waals surface area (Å²) in [6.45, 7) is 6.71. The fourth-order valence-electron chi connectivity index (χ4n) is 2.97. The van der Waals surface area contributed by atoms with Gasteiger partial charge >= 0.3 is 0 Å². The molecular weight excluding hydrogens is 269 g/mol. The van der Waals surface area contributed by atoms with Gasteiger partial charge in [0.25, 0.3) is 0 Å². The van der Waals surface area contributed by atoms with Crippen LogP contribution in [0.2, 0.25) is 0 Å². The van der Waals surface area contributed by atoms with Crippen LogP contribution in [0, 0.1) is 0 Å².